The second-order valence-corrected chi connectivity index (χ2v) is 9.83. The van der Waals surface area contributed by atoms with Gasteiger partial charge in [-0.05, 0) is 61.4 Å². The highest BCUT2D eigenvalue weighted by Crippen LogP contribution is 2.24. The second-order valence-electron chi connectivity index (χ2n) is 7.79. The summed E-state index contributed by atoms with van der Waals surface area (Å²) in [6.45, 7) is 1.24. The molecular weight excluding hydrogens is 400 g/mol. The zero-order valence-electron chi connectivity index (χ0n) is 17.7. The van der Waals surface area contributed by atoms with Crippen molar-refractivity contribution in [1.82, 2.24) is 9.21 Å². The molecule has 1 aliphatic heterocycles. The number of ether oxygens (including phenoxy) is 1. The van der Waals surface area contributed by atoms with E-state index in [1.54, 1.807) is 42.3 Å². The number of methoxy groups -OCH3 is 1. The Bertz CT molecular complexity index is 921. The summed E-state index contributed by atoms with van der Waals surface area (Å²) in [4.78, 5) is 14.6. The smallest absolute Gasteiger partial charge is 0.243 e. The number of carbonyl (C=O) groups excluding carboxylic acids is 1. The van der Waals surface area contributed by atoms with Gasteiger partial charge in [-0.25, -0.2) is 8.42 Å². The summed E-state index contributed by atoms with van der Waals surface area (Å²) in [5, 5.41) is 0. The van der Waals surface area contributed by atoms with E-state index in [1.165, 1.54) is 12.6 Å². The van der Waals surface area contributed by atoms with Gasteiger partial charge in [0.2, 0.25) is 15.9 Å². The molecule has 1 fully saturated rings. The summed E-state index contributed by atoms with van der Waals surface area (Å²) in [5.41, 5.74) is 1.29. The van der Waals surface area contributed by atoms with Crippen molar-refractivity contribution < 1.29 is 17.9 Å². The lowest BCUT2D eigenvalue weighted by atomic mass is 9.90. The van der Waals surface area contributed by atoms with Crippen LogP contribution in [0.1, 0.15) is 24.8 Å². The van der Waals surface area contributed by atoms with E-state index < -0.39 is 10.0 Å². The number of hydrogen-bond donors (Lipinski definition) is 0. The molecule has 3 rings (SSSR count). The number of likely N-dealkylation sites (N-methyl/N-ethyl adjacent to an activating group) is 1. The quantitative estimate of drug-likeness (QED) is 0.645. The number of sulfonamides is 1. The van der Waals surface area contributed by atoms with Crippen molar-refractivity contribution in [2.75, 3.05) is 33.8 Å². The zero-order chi connectivity index (χ0) is 21.6. The van der Waals surface area contributed by atoms with Gasteiger partial charge in [-0.2, -0.15) is 4.31 Å². The first-order valence-corrected chi connectivity index (χ1v) is 11.8. The van der Waals surface area contributed by atoms with Gasteiger partial charge in [0.25, 0.3) is 0 Å². The Morgan fingerprint density at radius 1 is 1.07 bits per heavy atom. The van der Waals surface area contributed by atoms with E-state index in [4.69, 9.17) is 4.74 Å². The Morgan fingerprint density at radius 2 is 1.70 bits per heavy atom. The molecule has 0 bridgehead atoms. The third kappa shape index (κ3) is 5.61. The van der Waals surface area contributed by atoms with Crippen LogP contribution in [0.5, 0.6) is 5.75 Å². The number of rotatable bonds is 8. The monoisotopic (exact) mass is 430 g/mol. The molecule has 2 aromatic carbocycles. The number of carbonyl (C=O) groups is 1. The highest BCUT2D eigenvalue weighted by atomic mass is 32.2. The molecule has 162 valence electrons. The van der Waals surface area contributed by atoms with Crippen LogP contribution in [0.4, 0.5) is 0 Å². The summed E-state index contributed by atoms with van der Waals surface area (Å²) in [5.74, 6) is 1.32. The topological polar surface area (TPSA) is 66.9 Å². The van der Waals surface area contributed by atoms with Crippen LogP contribution in [-0.4, -0.2) is 57.3 Å². The molecule has 0 aromatic heterocycles. The minimum absolute atomic E-state index is 0.131. The molecule has 0 saturated carbocycles. The van der Waals surface area contributed by atoms with Crippen LogP contribution in [-0.2, 0) is 21.2 Å². The highest BCUT2D eigenvalue weighted by molar-refractivity contribution is 7.89. The molecule has 0 unspecified atom stereocenters. The van der Waals surface area contributed by atoms with E-state index in [0.29, 0.717) is 19.0 Å². The van der Waals surface area contributed by atoms with Crippen molar-refractivity contribution in [2.45, 2.75) is 30.6 Å². The molecular formula is C23H30N2O4S. The number of benzene rings is 2. The molecule has 1 aliphatic rings. The lowest BCUT2D eigenvalue weighted by Crippen LogP contribution is -2.44. The van der Waals surface area contributed by atoms with Crippen molar-refractivity contribution in [3.8, 4) is 5.75 Å². The summed E-state index contributed by atoms with van der Waals surface area (Å²) < 4.78 is 31.6. The number of nitrogens with zero attached hydrogens (tertiary/aromatic N) is 2. The van der Waals surface area contributed by atoms with Gasteiger partial charge < -0.3 is 9.64 Å². The average molecular weight is 431 g/mol. The SMILES string of the molecule is COc1ccc(CCC2CCN(C(=O)CN(C)S(=O)(=O)c3ccccc3)CC2)cc1. The zero-order valence-corrected chi connectivity index (χ0v) is 18.5. The van der Waals surface area contributed by atoms with Crippen LogP contribution in [0, 0.1) is 5.92 Å². The molecule has 1 heterocycles. The Morgan fingerprint density at radius 3 is 2.30 bits per heavy atom. The molecule has 2 aromatic rings. The molecule has 6 nitrogen and oxygen atoms in total. The molecule has 30 heavy (non-hydrogen) atoms. The van der Waals surface area contributed by atoms with Crippen molar-refractivity contribution in [3.05, 3.63) is 60.2 Å². The standard InChI is InChI=1S/C23H30N2O4S/c1-24(30(27,28)22-6-4-3-5-7-22)18-23(26)25-16-14-20(15-17-25)9-8-19-10-12-21(29-2)13-11-19/h3-7,10-13,20H,8-9,14-18H2,1-2H3. The third-order valence-electron chi connectivity index (χ3n) is 5.78. The van der Waals surface area contributed by atoms with E-state index >= 15 is 0 Å². The fourth-order valence-corrected chi connectivity index (χ4v) is 4.92. The van der Waals surface area contributed by atoms with Crippen molar-refractivity contribution in [1.29, 1.82) is 0 Å². The maximum absolute atomic E-state index is 12.6. The third-order valence-corrected chi connectivity index (χ3v) is 7.59. The number of likely N-dealkylation sites (tertiary alicyclic amines) is 1. The van der Waals surface area contributed by atoms with E-state index in [0.717, 1.165) is 35.7 Å². The molecule has 1 amide bonds. The molecule has 0 N–H and O–H groups in total. The van der Waals surface area contributed by atoms with Gasteiger partial charge >= 0.3 is 0 Å². The van der Waals surface area contributed by atoms with Gasteiger partial charge in [-0.1, -0.05) is 30.3 Å². The van der Waals surface area contributed by atoms with Crippen LogP contribution in [0.25, 0.3) is 0 Å². The second kappa shape index (κ2) is 10.1. The highest BCUT2D eigenvalue weighted by Gasteiger charge is 2.27. The average Bonchev–Trinajstić information content (AvgIpc) is 2.78. The number of aryl methyl sites for hydroxylation is 1. The van der Waals surface area contributed by atoms with E-state index in [2.05, 4.69) is 12.1 Å². The van der Waals surface area contributed by atoms with Gasteiger partial charge in [0.1, 0.15) is 5.75 Å². The lowest BCUT2D eigenvalue weighted by Gasteiger charge is -2.33. The molecule has 7 heteroatoms. The van der Waals surface area contributed by atoms with Crippen LogP contribution in [0.3, 0.4) is 0 Å². The van der Waals surface area contributed by atoms with Crippen molar-refractivity contribution in [2.24, 2.45) is 5.92 Å². The predicted molar refractivity (Wildman–Crippen MR) is 117 cm³/mol. The minimum atomic E-state index is -3.65. The summed E-state index contributed by atoms with van der Waals surface area (Å²) in [7, 11) is -0.525. The van der Waals surface area contributed by atoms with Crippen molar-refractivity contribution >= 4 is 15.9 Å². The van der Waals surface area contributed by atoms with Gasteiger partial charge in [0.05, 0.1) is 18.6 Å². The largest absolute Gasteiger partial charge is 0.497 e. The summed E-state index contributed by atoms with van der Waals surface area (Å²) in [6.07, 6.45) is 4.02. The Hall–Kier alpha value is -2.38. The number of piperidine rings is 1. The molecule has 0 radical (unpaired) electrons. The number of amides is 1. The fraction of sp³-hybridized carbons (Fsp3) is 0.435. The fourth-order valence-electron chi connectivity index (χ4n) is 3.78. The number of hydrogen-bond acceptors (Lipinski definition) is 4. The van der Waals surface area contributed by atoms with Gasteiger partial charge in [0, 0.05) is 20.1 Å². The predicted octanol–water partition coefficient (Wildman–Crippen LogP) is 3.19. The first-order chi connectivity index (χ1) is 14.4. The Balaban J connectivity index is 1.45. The molecule has 0 atom stereocenters. The molecule has 0 spiro atoms. The first kappa shape index (κ1) is 22.3. The van der Waals surface area contributed by atoms with Gasteiger partial charge in [-0.3, -0.25) is 4.79 Å². The summed E-state index contributed by atoms with van der Waals surface area (Å²) >= 11 is 0. The van der Waals surface area contributed by atoms with E-state index in [-0.39, 0.29) is 17.3 Å². The maximum atomic E-state index is 12.6. The lowest BCUT2D eigenvalue weighted by molar-refractivity contribution is -0.132. The molecule has 0 aliphatic carbocycles. The van der Waals surface area contributed by atoms with Crippen LogP contribution >= 0.6 is 0 Å². The van der Waals surface area contributed by atoms with Crippen LogP contribution in [0.15, 0.2) is 59.5 Å². The van der Waals surface area contributed by atoms with Crippen LogP contribution < -0.4 is 4.74 Å². The Kier molecular flexibility index (Phi) is 7.50. The van der Waals surface area contributed by atoms with Crippen molar-refractivity contribution in [3.63, 3.8) is 0 Å². The van der Waals surface area contributed by atoms with Gasteiger partial charge in [-0.15, -0.1) is 0 Å². The normalized spacial score (nSPS) is 15.4. The summed E-state index contributed by atoms with van der Waals surface area (Å²) in [6, 6.07) is 16.4. The minimum Gasteiger partial charge on any atom is -0.497 e. The Labute approximate surface area is 179 Å². The van der Waals surface area contributed by atoms with Crippen LogP contribution in [0.2, 0.25) is 0 Å². The van der Waals surface area contributed by atoms with E-state index in [9.17, 15) is 13.2 Å². The maximum Gasteiger partial charge on any atom is 0.243 e. The first-order valence-electron chi connectivity index (χ1n) is 10.3. The van der Waals surface area contributed by atoms with E-state index in [1.807, 2.05) is 12.1 Å². The van der Waals surface area contributed by atoms with Gasteiger partial charge in [0.15, 0.2) is 0 Å². The molecule has 1 saturated heterocycles.